The zero-order chi connectivity index (χ0) is 12.8. The van der Waals surface area contributed by atoms with E-state index in [1.165, 1.54) is 0 Å². The normalized spacial score (nSPS) is 15.2. The molecule has 0 rings (SSSR count). The molecule has 0 aliphatic carbocycles. The predicted octanol–water partition coefficient (Wildman–Crippen LogP) is 3.88. The van der Waals surface area contributed by atoms with E-state index in [4.69, 9.17) is 9.47 Å². The van der Waals surface area contributed by atoms with Crippen LogP contribution in [0.25, 0.3) is 0 Å². The van der Waals surface area contributed by atoms with Gasteiger partial charge in [0.05, 0.1) is 25.4 Å². The average molecular weight is 295 g/mol. The Labute approximate surface area is 109 Å². The fourth-order valence-electron chi connectivity index (χ4n) is 1.16. The van der Waals surface area contributed by atoms with Crippen molar-refractivity contribution in [3.63, 3.8) is 0 Å². The van der Waals surface area contributed by atoms with Gasteiger partial charge in [0, 0.05) is 5.33 Å². The summed E-state index contributed by atoms with van der Waals surface area (Å²) in [6.07, 6.45) is 0. The van der Waals surface area contributed by atoms with Gasteiger partial charge in [-0.15, -0.1) is 0 Å². The predicted molar refractivity (Wildman–Crippen MR) is 73.3 cm³/mol. The van der Waals surface area contributed by atoms with Gasteiger partial charge in [0.1, 0.15) is 0 Å². The Balaban J connectivity index is 3.65. The summed E-state index contributed by atoms with van der Waals surface area (Å²) in [6, 6.07) is 0. The molecule has 0 fully saturated rings. The van der Waals surface area contributed by atoms with E-state index in [-0.39, 0.29) is 11.0 Å². The van der Waals surface area contributed by atoms with E-state index < -0.39 is 0 Å². The minimum atomic E-state index is -0.0673. The van der Waals surface area contributed by atoms with Gasteiger partial charge in [-0.05, 0) is 32.1 Å². The Kier molecular flexibility index (Phi) is 7.15. The molecule has 1 unspecified atom stereocenters. The monoisotopic (exact) mass is 294 g/mol. The van der Waals surface area contributed by atoms with E-state index in [0.717, 1.165) is 11.9 Å². The first kappa shape index (κ1) is 16.4. The fourth-order valence-corrected chi connectivity index (χ4v) is 2.32. The number of alkyl halides is 1. The molecule has 1 atom stereocenters. The summed E-state index contributed by atoms with van der Waals surface area (Å²) in [7, 11) is 0. The highest BCUT2D eigenvalue weighted by Gasteiger charge is 2.23. The van der Waals surface area contributed by atoms with Crippen LogP contribution < -0.4 is 0 Å². The maximum absolute atomic E-state index is 5.65. The van der Waals surface area contributed by atoms with Crippen LogP contribution in [0, 0.1) is 11.3 Å². The van der Waals surface area contributed by atoms with Gasteiger partial charge in [0.2, 0.25) is 0 Å². The minimum absolute atomic E-state index is 0.0673. The lowest BCUT2D eigenvalue weighted by Crippen LogP contribution is -2.28. The zero-order valence-corrected chi connectivity index (χ0v) is 13.2. The standard InChI is InChI=1S/C13H27BrO2/c1-12(2,3)11(9-14)10-15-7-8-16-13(4,5)6/h11H,7-10H2,1-6H3. The van der Waals surface area contributed by atoms with Crippen molar-refractivity contribution in [3.8, 4) is 0 Å². The van der Waals surface area contributed by atoms with Crippen molar-refractivity contribution < 1.29 is 9.47 Å². The van der Waals surface area contributed by atoms with Crippen molar-refractivity contribution in [2.45, 2.75) is 47.1 Å². The summed E-state index contributed by atoms with van der Waals surface area (Å²) in [5, 5.41) is 0.983. The largest absolute Gasteiger partial charge is 0.379 e. The first-order valence-electron chi connectivity index (χ1n) is 5.94. The van der Waals surface area contributed by atoms with E-state index in [2.05, 4.69) is 57.5 Å². The second kappa shape index (κ2) is 6.97. The SMILES string of the molecule is CC(C)(C)OCCOCC(CBr)C(C)(C)C. The summed E-state index contributed by atoms with van der Waals surface area (Å²) in [5.41, 5.74) is 0.219. The van der Waals surface area contributed by atoms with Crippen LogP contribution in [0.2, 0.25) is 0 Å². The summed E-state index contributed by atoms with van der Waals surface area (Å²) in [4.78, 5) is 0. The van der Waals surface area contributed by atoms with Gasteiger partial charge in [0.15, 0.2) is 0 Å². The van der Waals surface area contributed by atoms with Gasteiger partial charge < -0.3 is 9.47 Å². The van der Waals surface area contributed by atoms with Gasteiger partial charge in [-0.1, -0.05) is 36.7 Å². The van der Waals surface area contributed by atoms with Crippen LogP contribution in [0.1, 0.15) is 41.5 Å². The van der Waals surface area contributed by atoms with E-state index in [1.807, 2.05) is 0 Å². The van der Waals surface area contributed by atoms with Crippen LogP contribution in [-0.4, -0.2) is 30.8 Å². The van der Waals surface area contributed by atoms with Crippen LogP contribution >= 0.6 is 15.9 Å². The van der Waals surface area contributed by atoms with Crippen molar-refractivity contribution in [3.05, 3.63) is 0 Å². The number of halogens is 1. The Morgan fingerprint density at radius 1 is 1.00 bits per heavy atom. The average Bonchev–Trinajstić information content (AvgIpc) is 2.07. The van der Waals surface area contributed by atoms with Crippen LogP contribution in [0.15, 0.2) is 0 Å². The highest BCUT2D eigenvalue weighted by Crippen LogP contribution is 2.27. The summed E-state index contributed by atoms with van der Waals surface area (Å²) < 4.78 is 11.2. The Morgan fingerprint density at radius 3 is 1.94 bits per heavy atom. The third kappa shape index (κ3) is 8.54. The van der Waals surface area contributed by atoms with Crippen LogP contribution in [0.5, 0.6) is 0 Å². The Bertz CT molecular complexity index is 179. The summed E-state index contributed by atoms with van der Waals surface area (Å²) in [5.74, 6) is 0.544. The zero-order valence-electron chi connectivity index (χ0n) is 11.6. The molecule has 0 aromatic carbocycles. The summed E-state index contributed by atoms with van der Waals surface area (Å²) >= 11 is 3.54. The van der Waals surface area contributed by atoms with Crippen LogP contribution in [-0.2, 0) is 9.47 Å². The third-order valence-corrected chi connectivity index (χ3v) is 3.27. The van der Waals surface area contributed by atoms with Gasteiger partial charge in [0.25, 0.3) is 0 Å². The molecule has 0 bridgehead atoms. The third-order valence-electron chi connectivity index (χ3n) is 2.49. The molecule has 3 heteroatoms. The van der Waals surface area contributed by atoms with Crippen molar-refractivity contribution in [2.24, 2.45) is 11.3 Å². The van der Waals surface area contributed by atoms with Gasteiger partial charge in [-0.2, -0.15) is 0 Å². The lowest BCUT2D eigenvalue weighted by molar-refractivity contribution is -0.0431. The molecule has 0 aliphatic heterocycles. The van der Waals surface area contributed by atoms with Gasteiger partial charge >= 0.3 is 0 Å². The number of ether oxygens (including phenoxy) is 2. The maximum Gasteiger partial charge on any atom is 0.0707 e. The molecule has 16 heavy (non-hydrogen) atoms. The molecule has 2 nitrogen and oxygen atoms in total. The Morgan fingerprint density at radius 2 is 1.56 bits per heavy atom. The smallest absolute Gasteiger partial charge is 0.0707 e. The van der Waals surface area contributed by atoms with Gasteiger partial charge in [-0.3, -0.25) is 0 Å². The van der Waals surface area contributed by atoms with E-state index in [9.17, 15) is 0 Å². The molecule has 0 amide bonds. The number of hydrogen-bond acceptors (Lipinski definition) is 2. The van der Waals surface area contributed by atoms with Crippen molar-refractivity contribution in [2.75, 3.05) is 25.2 Å². The van der Waals surface area contributed by atoms with E-state index in [0.29, 0.717) is 19.1 Å². The lowest BCUT2D eigenvalue weighted by atomic mass is 9.83. The van der Waals surface area contributed by atoms with Crippen molar-refractivity contribution in [1.82, 2.24) is 0 Å². The van der Waals surface area contributed by atoms with Gasteiger partial charge in [-0.25, -0.2) is 0 Å². The molecule has 0 saturated carbocycles. The minimum Gasteiger partial charge on any atom is -0.379 e. The van der Waals surface area contributed by atoms with Crippen LogP contribution in [0.3, 0.4) is 0 Å². The molecule has 0 aromatic heterocycles. The molecule has 0 radical (unpaired) electrons. The van der Waals surface area contributed by atoms with E-state index in [1.54, 1.807) is 0 Å². The molecule has 0 aromatic rings. The summed E-state index contributed by atoms with van der Waals surface area (Å²) in [6.45, 7) is 15.0. The Hall–Kier alpha value is 0.400. The molecule has 0 aliphatic rings. The highest BCUT2D eigenvalue weighted by atomic mass is 79.9. The molecule has 0 saturated heterocycles. The quantitative estimate of drug-likeness (QED) is 0.547. The second-order valence-corrected chi connectivity index (χ2v) is 6.90. The number of hydrogen-bond donors (Lipinski definition) is 0. The first-order chi connectivity index (χ1) is 7.17. The molecule has 98 valence electrons. The lowest BCUT2D eigenvalue weighted by Gasteiger charge is -2.29. The van der Waals surface area contributed by atoms with Crippen molar-refractivity contribution >= 4 is 15.9 Å². The fraction of sp³-hybridized carbons (Fsp3) is 1.00. The highest BCUT2D eigenvalue weighted by molar-refractivity contribution is 9.09. The van der Waals surface area contributed by atoms with E-state index >= 15 is 0 Å². The maximum atomic E-state index is 5.65. The van der Waals surface area contributed by atoms with Crippen molar-refractivity contribution in [1.29, 1.82) is 0 Å². The molecular weight excluding hydrogens is 268 g/mol. The molecular formula is C13H27BrO2. The first-order valence-corrected chi connectivity index (χ1v) is 7.06. The molecule has 0 N–H and O–H groups in total. The topological polar surface area (TPSA) is 18.5 Å². The number of rotatable bonds is 6. The molecule has 0 heterocycles. The van der Waals surface area contributed by atoms with Crippen LogP contribution in [0.4, 0.5) is 0 Å². The second-order valence-electron chi connectivity index (χ2n) is 6.25. The molecule has 0 spiro atoms.